The summed E-state index contributed by atoms with van der Waals surface area (Å²) < 4.78 is 28.8. The molecule has 34 heavy (non-hydrogen) atoms. The van der Waals surface area contributed by atoms with E-state index in [0.717, 1.165) is 44.9 Å². The van der Waals surface area contributed by atoms with E-state index in [-0.39, 0.29) is 29.5 Å². The van der Waals surface area contributed by atoms with Crippen LogP contribution >= 0.6 is 0 Å². The van der Waals surface area contributed by atoms with E-state index in [9.17, 15) is 18.7 Å². The van der Waals surface area contributed by atoms with Crippen molar-refractivity contribution in [3.05, 3.63) is 24.0 Å². The fourth-order valence-corrected chi connectivity index (χ4v) is 8.93. The number of carbonyl (C=O) groups excluding carboxylic acids is 1. The number of carbonyl (C=O) groups is 1. The lowest BCUT2D eigenvalue weighted by molar-refractivity contribution is -0.134. The Kier molecular flexibility index (Phi) is 5.36. The van der Waals surface area contributed by atoms with Gasteiger partial charge in [0.1, 0.15) is 24.6 Å². The van der Waals surface area contributed by atoms with Crippen molar-refractivity contribution in [2.24, 2.45) is 40.9 Å². The maximum absolute atomic E-state index is 13.8. The Hall–Kier alpha value is -1.89. The average molecular weight is 472 g/mol. The van der Waals surface area contributed by atoms with Gasteiger partial charge >= 0.3 is 0 Å². The summed E-state index contributed by atoms with van der Waals surface area (Å²) in [5.74, 6) is 2.73. The molecular weight excluding hydrogens is 436 g/mol. The number of rotatable bonds is 4. The Labute approximate surface area is 199 Å². The molecule has 4 aliphatic rings. The predicted molar refractivity (Wildman–Crippen MR) is 124 cm³/mol. The second kappa shape index (κ2) is 8.07. The van der Waals surface area contributed by atoms with E-state index >= 15 is 0 Å². The van der Waals surface area contributed by atoms with Crippen molar-refractivity contribution in [2.45, 2.75) is 76.9 Å². The molecule has 4 aliphatic carbocycles. The topological polar surface area (TPSA) is 68.0 Å². The molecule has 0 bridgehead atoms. The van der Waals surface area contributed by atoms with Gasteiger partial charge in [-0.1, -0.05) is 12.1 Å². The third-order valence-electron chi connectivity index (χ3n) is 10.5. The fourth-order valence-electron chi connectivity index (χ4n) is 8.93. The smallest absolute Gasteiger partial charge is 0.157 e. The minimum Gasteiger partial charge on any atom is -0.387 e. The molecule has 0 radical (unpaired) electrons. The van der Waals surface area contributed by atoms with Crippen molar-refractivity contribution in [3.8, 4) is 0 Å². The van der Waals surface area contributed by atoms with Crippen molar-refractivity contribution >= 4 is 16.8 Å². The fraction of sp³-hybridized carbons (Fsp3) is 0.741. The summed E-state index contributed by atoms with van der Waals surface area (Å²) in [7, 11) is 0. The van der Waals surface area contributed by atoms with Gasteiger partial charge in [-0.3, -0.25) is 4.79 Å². The van der Waals surface area contributed by atoms with Crippen LogP contribution in [0.2, 0.25) is 0 Å². The van der Waals surface area contributed by atoms with Crippen LogP contribution in [-0.2, 0) is 11.3 Å². The van der Waals surface area contributed by atoms with E-state index < -0.39 is 12.3 Å². The maximum atomic E-state index is 13.8. The third-order valence-corrected chi connectivity index (χ3v) is 10.5. The van der Waals surface area contributed by atoms with Gasteiger partial charge < -0.3 is 5.11 Å². The number of hydrogen-bond donors (Lipinski definition) is 1. The Morgan fingerprint density at radius 1 is 1.12 bits per heavy atom. The van der Waals surface area contributed by atoms with Gasteiger partial charge in [0.05, 0.1) is 11.1 Å². The first-order valence-corrected chi connectivity index (χ1v) is 13.1. The highest BCUT2D eigenvalue weighted by Gasteiger charge is 2.59. The van der Waals surface area contributed by atoms with Crippen LogP contribution < -0.4 is 0 Å². The molecule has 1 aromatic carbocycles. The Morgan fingerprint density at radius 3 is 2.76 bits per heavy atom. The first-order chi connectivity index (χ1) is 16.3. The van der Waals surface area contributed by atoms with Crippen LogP contribution in [0.3, 0.4) is 0 Å². The molecule has 2 aromatic rings. The molecule has 184 valence electrons. The Bertz CT molecular complexity index is 1100. The van der Waals surface area contributed by atoms with Crippen molar-refractivity contribution in [1.29, 1.82) is 0 Å². The molecular formula is C27H35F2N3O2. The molecule has 4 saturated carbocycles. The summed E-state index contributed by atoms with van der Waals surface area (Å²) in [6.45, 7) is 1.85. The van der Waals surface area contributed by atoms with E-state index in [0.29, 0.717) is 53.5 Å². The van der Waals surface area contributed by atoms with Crippen LogP contribution in [-0.4, -0.2) is 38.2 Å². The van der Waals surface area contributed by atoms with Crippen LogP contribution in [0.25, 0.3) is 11.0 Å². The molecule has 1 heterocycles. The first kappa shape index (κ1) is 22.6. The molecule has 0 amide bonds. The normalized spacial score (nSPS) is 41.6. The quantitative estimate of drug-likeness (QED) is 0.673. The largest absolute Gasteiger partial charge is 0.387 e. The number of benzene rings is 1. The minimum absolute atomic E-state index is 0.00106. The molecule has 4 fully saturated rings. The number of aliphatic hydroxyl groups is 1. The molecule has 0 aliphatic heterocycles. The summed E-state index contributed by atoms with van der Waals surface area (Å²) in [6, 6.07) is 4.37. The molecule has 0 spiro atoms. The third kappa shape index (κ3) is 3.44. The van der Waals surface area contributed by atoms with Crippen LogP contribution in [0.5, 0.6) is 0 Å². The summed E-state index contributed by atoms with van der Waals surface area (Å²) >= 11 is 0. The lowest BCUT2D eigenvalue weighted by Crippen LogP contribution is -2.52. The van der Waals surface area contributed by atoms with Crippen LogP contribution in [0.1, 0.15) is 64.7 Å². The molecule has 8 atom stereocenters. The van der Waals surface area contributed by atoms with Gasteiger partial charge in [0.15, 0.2) is 5.78 Å². The molecule has 1 aromatic heterocycles. The number of halogens is 2. The van der Waals surface area contributed by atoms with Crippen LogP contribution in [0, 0.1) is 46.7 Å². The van der Waals surface area contributed by atoms with E-state index in [1.807, 2.05) is 0 Å². The van der Waals surface area contributed by atoms with E-state index in [1.165, 1.54) is 12.1 Å². The number of hydrogen-bond acceptors (Lipinski definition) is 4. The zero-order chi connectivity index (χ0) is 23.7. The van der Waals surface area contributed by atoms with Crippen molar-refractivity contribution in [1.82, 2.24) is 15.0 Å². The zero-order valence-corrected chi connectivity index (χ0v) is 19.9. The van der Waals surface area contributed by atoms with Gasteiger partial charge in [-0.15, -0.1) is 5.10 Å². The van der Waals surface area contributed by atoms with E-state index in [2.05, 4.69) is 17.2 Å². The minimum atomic E-state index is -1.10. The first-order valence-electron chi connectivity index (χ1n) is 13.1. The SMILES string of the molecule is C[C@]12CC[C@H]3[C@@H](CC[C@H]4C[C@@](O)(CF)CC[C@@H]43)[C@@H]1CC[C@@H]2C(=O)Cn1nnc2ccc(F)cc21. The van der Waals surface area contributed by atoms with Crippen LogP contribution in [0.4, 0.5) is 8.78 Å². The number of fused-ring (bicyclic) bond motifs is 6. The van der Waals surface area contributed by atoms with Gasteiger partial charge in [-0.05, 0) is 105 Å². The summed E-state index contributed by atoms with van der Waals surface area (Å²) in [5, 5.41) is 18.8. The highest BCUT2D eigenvalue weighted by molar-refractivity contribution is 5.84. The van der Waals surface area contributed by atoms with E-state index in [1.54, 1.807) is 10.7 Å². The van der Waals surface area contributed by atoms with Crippen molar-refractivity contribution in [2.75, 3.05) is 6.67 Å². The second-order valence-electron chi connectivity index (χ2n) is 12.1. The Balaban J connectivity index is 1.19. The number of nitrogens with zero attached hydrogens (tertiary/aromatic N) is 3. The van der Waals surface area contributed by atoms with Crippen LogP contribution in [0.15, 0.2) is 18.2 Å². The standard InChI is InChI=1S/C27H35F2N3O2/c1-26-10-8-19-18-9-11-27(34,15-28)13-16(18)2-4-20(19)21(26)5-6-22(26)25(33)14-32-24-12-17(29)3-7-23(24)30-31-32/h3,7,12,16,18-22,34H,2,4-6,8-11,13-15H2,1H3/t16-,18-,19+,20+,21-,22+,26-,27+/m0/s1. The zero-order valence-electron chi connectivity index (χ0n) is 19.9. The summed E-state index contributed by atoms with van der Waals surface area (Å²) in [5.41, 5.74) is 0.0760. The predicted octanol–water partition coefficient (Wildman–Crippen LogP) is 5.11. The molecule has 5 nitrogen and oxygen atoms in total. The maximum Gasteiger partial charge on any atom is 0.157 e. The highest BCUT2D eigenvalue weighted by atomic mass is 19.1. The molecule has 0 unspecified atom stereocenters. The molecule has 0 saturated heterocycles. The molecule has 1 N–H and O–H groups in total. The van der Waals surface area contributed by atoms with Crippen molar-refractivity contribution < 1.29 is 18.7 Å². The van der Waals surface area contributed by atoms with Crippen molar-refractivity contribution in [3.63, 3.8) is 0 Å². The number of Topliss-reactive ketones (excluding diaryl/α,β-unsaturated/α-hetero) is 1. The monoisotopic (exact) mass is 471 g/mol. The molecule has 7 heteroatoms. The second-order valence-corrected chi connectivity index (χ2v) is 12.1. The lowest BCUT2D eigenvalue weighted by Gasteiger charge is -2.56. The highest BCUT2D eigenvalue weighted by Crippen LogP contribution is 2.64. The molecule has 6 rings (SSSR count). The summed E-state index contributed by atoms with van der Waals surface area (Å²) in [6.07, 6.45) is 8.56. The van der Waals surface area contributed by atoms with E-state index in [4.69, 9.17) is 0 Å². The average Bonchev–Trinajstić information content (AvgIpc) is 3.39. The summed E-state index contributed by atoms with van der Waals surface area (Å²) in [4.78, 5) is 13.5. The number of ketones is 1. The number of alkyl halides is 1. The van der Waals surface area contributed by atoms with Gasteiger partial charge in [0.2, 0.25) is 0 Å². The number of aromatic nitrogens is 3. The van der Waals surface area contributed by atoms with Gasteiger partial charge in [-0.25, -0.2) is 13.5 Å². The van der Waals surface area contributed by atoms with Gasteiger partial charge in [0.25, 0.3) is 0 Å². The Morgan fingerprint density at radius 2 is 1.94 bits per heavy atom. The lowest BCUT2D eigenvalue weighted by atomic mass is 9.49. The van der Waals surface area contributed by atoms with Gasteiger partial charge in [-0.2, -0.15) is 0 Å². The van der Waals surface area contributed by atoms with Gasteiger partial charge in [0, 0.05) is 12.0 Å².